The highest BCUT2D eigenvalue weighted by Gasteiger charge is 2.26. The zero-order valence-corrected chi connectivity index (χ0v) is 16.2. The van der Waals surface area contributed by atoms with Crippen molar-refractivity contribution in [1.82, 2.24) is 0 Å². The molecule has 0 aliphatic heterocycles. The Labute approximate surface area is 163 Å². The number of para-hydroxylation sites is 1. The summed E-state index contributed by atoms with van der Waals surface area (Å²) >= 11 is -1.40. The van der Waals surface area contributed by atoms with Gasteiger partial charge in [-0.3, -0.25) is 4.55 Å². The molecule has 6 nitrogen and oxygen atoms in total. The number of aromatic carboxylic acids is 1. The van der Waals surface area contributed by atoms with E-state index in [4.69, 9.17) is 4.74 Å². The molecule has 0 saturated carbocycles. The van der Waals surface area contributed by atoms with E-state index < -0.39 is 17.2 Å². The molecule has 1 unspecified atom stereocenters. The van der Waals surface area contributed by atoms with Crippen LogP contribution in [0.2, 0.25) is 0 Å². The minimum atomic E-state index is -2.44. The first-order valence-electron chi connectivity index (χ1n) is 7.90. The summed E-state index contributed by atoms with van der Waals surface area (Å²) in [4.78, 5) is 12.5. The van der Waals surface area contributed by atoms with Crippen molar-refractivity contribution in [1.29, 1.82) is 0 Å². The van der Waals surface area contributed by atoms with Gasteiger partial charge in [-0.2, -0.15) is 0 Å². The Morgan fingerprint density at radius 1 is 1.11 bits per heavy atom. The molecule has 0 spiro atoms. The van der Waals surface area contributed by atoms with E-state index in [0.29, 0.717) is 16.3 Å². The Morgan fingerprint density at radius 2 is 1.85 bits per heavy atom. The van der Waals surface area contributed by atoms with E-state index in [1.165, 1.54) is 0 Å². The molecule has 1 atom stereocenters. The summed E-state index contributed by atoms with van der Waals surface area (Å²) < 4.78 is 28.3. The van der Waals surface area contributed by atoms with Gasteiger partial charge in [0.15, 0.2) is 0 Å². The molecule has 0 aliphatic carbocycles. The van der Waals surface area contributed by atoms with E-state index in [1.54, 1.807) is 56.5 Å². The molecule has 8 heteroatoms. The van der Waals surface area contributed by atoms with Gasteiger partial charge in [0.25, 0.3) is 11.3 Å². The molecule has 27 heavy (non-hydrogen) atoms. The van der Waals surface area contributed by atoms with Crippen LogP contribution in [0.3, 0.4) is 0 Å². The summed E-state index contributed by atoms with van der Waals surface area (Å²) in [6, 6.07) is 15.8. The highest BCUT2D eigenvalue weighted by atomic mass is 32.2. The van der Waals surface area contributed by atoms with E-state index in [0.717, 1.165) is 26.8 Å². The van der Waals surface area contributed by atoms with E-state index in [1.807, 2.05) is 12.1 Å². The Hall–Kier alpha value is -2.68. The number of carboxylic acids is 1. The molecule has 3 rings (SSSR count). The predicted octanol–water partition coefficient (Wildman–Crippen LogP) is 4.71. The Kier molecular flexibility index (Phi) is 5.59. The number of thiophene rings is 1. The lowest BCUT2D eigenvalue weighted by atomic mass is 10.1. The van der Waals surface area contributed by atoms with Gasteiger partial charge in [0.2, 0.25) is 0 Å². The average molecular weight is 403 g/mol. The molecule has 1 heterocycles. The van der Waals surface area contributed by atoms with Crippen LogP contribution in [-0.2, 0) is 11.3 Å². The maximum atomic E-state index is 12.1. The lowest BCUT2D eigenvalue weighted by Gasteiger charge is -2.21. The largest absolute Gasteiger partial charge is 0.497 e. The highest BCUT2D eigenvalue weighted by molar-refractivity contribution is 7.81. The van der Waals surface area contributed by atoms with Gasteiger partial charge in [-0.1, -0.05) is 30.3 Å². The Bertz CT molecular complexity index is 1010. The molecule has 0 aliphatic rings. The van der Waals surface area contributed by atoms with Crippen LogP contribution in [0.1, 0.15) is 15.2 Å². The van der Waals surface area contributed by atoms with E-state index in [9.17, 15) is 18.7 Å². The van der Waals surface area contributed by atoms with Gasteiger partial charge in [-0.15, -0.1) is 11.3 Å². The Morgan fingerprint density at radius 3 is 2.48 bits per heavy atom. The SMILES string of the molecule is COc1cccc(-c2cc(N(c3ccccc3C)S(=O)O)c(C(=O)O)s2)c1. The van der Waals surface area contributed by atoms with E-state index in [-0.39, 0.29) is 10.6 Å². The van der Waals surface area contributed by atoms with E-state index in [2.05, 4.69) is 0 Å². The minimum absolute atomic E-state index is 0.0153. The molecule has 0 amide bonds. The first kappa shape index (κ1) is 19.1. The molecule has 0 bridgehead atoms. The fraction of sp³-hybridized carbons (Fsp3) is 0.105. The summed E-state index contributed by atoms with van der Waals surface area (Å²) in [7, 11) is 1.55. The summed E-state index contributed by atoms with van der Waals surface area (Å²) in [5.41, 5.74) is 2.16. The van der Waals surface area contributed by atoms with Crippen molar-refractivity contribution < 1.29 is 23.4 Å². The third-order valence-corrected chi connectivity index (χ3v) is 5.84. The number of hydrogen-bond donors (Lipinski definition) is 2. The molecule has 1 aromatic heterocycles. The number of carboxylic acid groups (broad SMARTS) is 1. The maximum absolute atomic E-state index is 12.1. The number of aryl methyl sites for hydroxylation is 1. The number of nitrogens with zero attached hydrogens (tertiary/aromatic N) is 1. The molecular formula is C19H17NO5S2. The van der Waals surface area contributed by atoms with Crippen LogP contribution < -0.4 is 9.04 Å². The second-order valence-electron chi connectivity index (χ2n) is 5.67. The van der Waals surface area contributed by atoms with Gasteiger partial charge in [0, 0.05) is 4.88 Å². The Balaban J connectivity index is 2.18. The van der Waals surface area contributed by atoms with Crippen molar-refractivity contribution in [2.75, 3.05) is 11.4 Å². The second-order valence-corrected chi connectivity index (χ2v) is 7.55. The predicted molar refractivity (Wildman–Crippen MR) is 107 cm³/mol. The van der Waals surface area contributed by atoms with Gasteiger partial charge in [-0.25, -0.2) is 13.3 Å². The van der Waals surface area contributed by atoms with Gasteiger partial charge < -0.3 is 9.84 Å². The molecule has 140 valence electrons. The molecule has 0 fully saturated rings. The molecular weight excluding hydrogens is 386 g/mol. The molecule has 3 aromatic rings. The highest BCUT2D eigenvalue weighted by Crippen LogP contribution is 2.41. The number of benzene rings is 2. The van der Waals surface area contributed by atoms with Crippen LogP contribution in [0.4, 0.5) is 11.4 Å². The van der Waals surface area contributed by atoms with Gasteiger partial charge in [0.05, 0.1) is 18.5 Å². The van der Waals surface area contributed by atoms with Crippen molar-refractivity contribution >= 4 is 39.9 Å². The normalized spacial score (nSPS) is 11.8. The molecule has 2 aromatic carbocycles. The van der Waals surface area contributed by atoms with Gasteiger partial charge in [-0.05, 0) is 42.3 Å². The molecule has 2 N–H and O–H groups in total. The number of hydrogen-bond acceptors (Lipinski definition) is 4. The number of rotatable bonds is 6. The lowest BCUT2D eigenvalue weighted by Crippen LogP contribution is -2.21. The van der Waals surface area contributed by atoms with Crippen molar-refractivity contribution in [2.24, 2.45) is 0 Å². The fourth-order valence-electron chi connectivity index (χ4n) is 2.69. The van der Waals surface area contributed by atoms with Crippen LogP contribution in [-0.4, -0.2) is 26.9 Å². The minimum Gasteiger partial charge on any atom is -0.497 e. The summed E-state index contributed by atoms with van der Waals surface area (Å²) in [5.74, 6) is -0.519. The topological polar surface area (TPSA) is 87.1 Å². The van der Waals surface area contributed by atoms with Crippen LogP contribution in [0.25, 0.3) is 10.4 Å². The standard InChI is InChI=1S/C19H17NO5S2/c1-12-6-3-4-9-15(12)20(27(23)24)16-11-17(26-18(16)19(21)22)13-7-5-8-14(10-13)25-2/h3-11H,1-2H3,(H,21,22)(H,23,24). The average Bonchev–Trinajstić information content (AvgIpc) is 3.08. The molecule has 0 radical (unpaired) electrons. The summed E-state index contributed by atoms with van der Waals surface area (Å²) in [5, 5.41) is 9.65. The van der Waals surface area contributed by atoms with E-state index >= 15 is 0 Å². The zero-order chi connectivity index (χ0) is 19.6. The van der Waals surface area contributed by atoms with Gasteiger partial charge >= 0.3 is 5.97 Å². The third kappa shape index (κ3) is 3.87. The van der Waals surface area contributed by atoms with Crippen LogP contribution in [0.5, 0.6) is 5.75 Å². The van der Waals surface area contributed by atoms with Crippen molar-refractivity contribution in [2.45, 2.75) is 6.92 Å². The van der Waals surface area contributed by atoms with Crippen LogP contribution >= 0.6 is 11.3 Å². The maximum Gasteiger partial charge on any atom is 0.348 e. The number of methoxy groups -OCH3 is 1. The number of ether oxygens (including phenoxy) is 1. The lowest BCUT2D eigenvalue weighted by molar-refractivity contribution is 0.0703. The summed E-state index contributed by atoms with van der Waals surface area (Å²) in [6.07, 6.45) is 0. The zero-order valence-electron chi connectivity index (χ0n) is 14.6. The van der Waals surface area contributed by atoms with Crippen LogP contribution in [0, 0.1) is 6.92 Å². The molecule has 0 saturated heterocycles. The van der Waals surface area contributed by atoms with Crippen molar-refractivity contribution in [3.8, 4) is 16.2 Å². The quantitative estimate of drug-likeness (QED) is 0.582. The fourth-order valence-corrected chi connectivity index (χ4v) is 4.41. The van der Waals surface area contributed by atoms with Crippen molar-refractivity contribution in [3.05, 3.63) is 65.0 Å². The number of carbonyl (C=O) groups is 1. The van der Waals surface area contributed by atoms with Crippen LogP contribution in [0.15, 0.2) is 54.6 Å². The number of anilines is 2. The monoisotopic (exact) mass is 403 g/mol. The first-order valence-corrected chi connectivity index (χ1v) is 9.78. The van der Waals surface area contributed by atoms with Gasteiger partial charge in [0.1, 0.15) is 10.6 Å². The van der Waals surface area contributed by atoms with Crippen molar-refractivity contribution in [3.63, 3.8) is 0 Å². The first-order chi connectivity index (χ1) is 12.9. The third-order valence-electron chi connectivity index (χ3n) is 3.97. The smallest absolute Gasteiger partial charge is 0.348 e. The second kappa shape index (κ2) is 7.91. The summed E-state index contributed by atoms with van der Waals surface area (Å²) in [6.45, 7) is 1.80.